The molecule has 4 heterocycles. The summed E-state index contributed by atoms with van der Waals surface area (Å²) >= 11 is 0. The van der Waals surface area contributed by atoms with Crippen molar-refractivity contribution in [2.24, 2.45) is 23.3 Å². The summed E-state index contributed by atoms with van der Waals surface area (Å²) in [6, 6.07) is 35.0. The smallest absolute Gasteiger partial charge is 0.244 e. The molecule has 0 radical (unpaired) electrons. The van der Waals surface area contributed by atoms with Gasteiger partial charge in [0.25, 0.3) is 0 Å². The number of likely N-dealkylation sites (tertiary alicyclic amines) is 2. The normalized spacial score (nSPS) is 23.1. The Labute approximate surface area is 362 Å². The van der Waals surface area contributed by atoms with Crippen LogP contribution in [-0.2, 0) is 9.59 Å². The van der Waals surface area contributed by atoms with Crippen molar-refractivity contribution in [2.45, 2.75) is 61.9 Å². The first-order valence-electron chi connectivity index (χ1n) is 19.0. The molecule has 2 amide bonds. The molecule has 10 rings (SSSR count). The first-order valence-corrected chi connectivity index (χ1v) is 19.0. The predicted octanol–water partition coefficient (Wildman–Crippen LogP) is 8.54. The van der Waals surface area contributed by atoms with Crippen LogP contribution in [0.1, 0.15) is 72.6 Å². The Morgan fingerprint density at radius 2 is 0.862 bits per heavy atom. The number of amides is 2. The van der Waals surface area contributed by atoms with E-state index in [1.54, 1.807) is 0 Å². The van der Waals surface area contributed by atoms with Gasteiger partial charge in [0.15, 0.2) is 0 Å². The summed E-state index contributed by atoms with van der Waals surface area (Å²) in [7, 11) is 0. The van der Waals surface area contributed by atoms with Crippen molar-refractivity contribution < 1.29 is 9.59 Å². The van der Waals surface area contributed by atoms with Crippen molar-refractivity contribution >= 4 is 61.4 Å². The van der Waals surface area contributed by atoms with Gasteiger partial charge >= 0.3 is 0 Å². The monoisotopic (exact) mass is 858 g/mol. The van der Waals surface area contributed by atoms with Gasteiger partial charge in [-0.05, 0) is 70.9 Å². The Kier molecular flexibility index (Phi) is 12.8. The van der Waals surface area contributed by atoms with Gasteiger partial charge < -0.3 is 31.2 Å². The summed E-state index contributed by atoms with van der Waals surface area (Å²) < 4.78 is 0. The highest BCUT2D eigenvalue weighted by atomic mass is 35.5. The van der Waals surface area contributed by atoms with Crippen LogP contribution in [0.2, 0.25) is 0 Å². The van der Waals surface area contributed by atoms with E-state index in [4.69, 9.17) is 21.4 Å². The van der Waals surface area contributed by atoms with Gasteiger partial charge in [0.2, 0.25) is 11.8 Å². The van der Waals surface area contributed by atoms with Gasteiger partial charge in [0, 0.05) is 12.1 Å². The number of benzene rings is 4. The number of fused-ring (bicyclic) bond motifs is 2. The fourth-order valence-corrected chi connectivity index (χ4v) is 8.95. The summed E-state index contributed by atoms with van der Waals surface area (Å²) in [6.45, 7) is 0. The second-order valence-corrected chi connectivity index (χ2v) is 15.4. The molecule has 0 spiro atoms. The zero-order valence-electron chi connectivity index (χ0n) is 31.4. The number of rotatable bonds is 9. The summed E-state index contributed by atoms with van der Waals surface area (Å²) in [5, 5.41) is 0. The van der Waals surface area contributed by atoms with Crippen LogP contribution in [0, 0.1) is 11.8 Å². The molecule has 4 fully saturated rings. The first-order chi connectivity index (χ1) is 26.4. The minimum absolute atomic E-state index is 0. The number of aromatic nitrogens is 4. The van der Waals surface area contributed by atoms with E-state index in [2.05, 4.69) is 58.5 Å². The lowest BCUT2D eigenvalue weighted by atomic mass is 10.0. The molecule has 6 N–H and O–H groups in total. The molecule has 8 atom stereocenters. The van der Waals surface area contributed by atoms with E-state index in [1.807, 2.05) is 82.9 Å². The quantitative estimate of drug-likeness (QED) is 0.115. The molecule has 0 bridgehead atoms. The van der Waals surface area contributed by atoms with E-state index in [1.165, 1.54) is 0 Å². The Morgan fingerprint density at radius 3 is 1.22 bits per heavy atom. The van der Waals surface area contributed by atoms with Crippen molar-refractivity contribution in [3.05, 3.63) is 144 Å². The molecule has 58 heavy (non-hydrogen) atoms. The van der Waals surface area contributed by atoms with Crippen LogP contribution in [0.5, 0.6) is 0 Å². The van der Waals surface area contributed by atoms with Gasteiger partial charge in [-0.1, -0.05) is 109 Å². The second-order valence-electron chi connectivity index (χ2n) is 15.4. The number of hydrogen-bond acceptors (Lipinski definition) is 6. The fourth-order valence-electron chi connectivity index (χ4n) is 8.95. The lowest BCUT2D eigenvalue weighted by Crippen LogP contribution is -2.40. The van der Waals surface area contributed by atoms with Gasteiger partial charge in [0.05, 0.1) is 35.9 Å². The molecule has 2 saturated heterocycles. The van der Waals surface area contributed by atoms with E-state index < -0.39 is 12.1 Å². The third-order valence-corrected chi connectivity index (χ3v) is 12.1. The molecular weight excluding hydrogens is 814 g/mol. The molecule has 0 unspecified atom stereocenters. The molecule has 2 saturated carbocycles. The van der Waals surface area contributed by atoms with Crippen LogP contribution in [0.25, 0.3) is 33.6 Å². The van der Waals surface area contributed by atoms with E-state index in [0.717, 1.165) is 82.1 Å². The molecule has 4 aromatic carbocycles. The molecule has 4 aliphatic rings. The van der Waals surface area contributed by atoms with E-state index >= 15 is 0 Å². The van der Waals surface area contributed by atoms with Crippen LogP contribution in [0.3, 0.4) is 0 Å². The number of aromatic amines is 2. The van der Waals surface area contributed by atoms with Gasteiger partial charge in [-0.3, -0.25) is 9.59 Å². The van der Waals surface area contributed by atoms with Crippen LogP contribution in [0.4, 0.5) is 0 Å². The Balaban J connectivity index is 0.00000142. The number of nitrogens with two attached hydrogens (primary N) is 2. The molecule has 2 aliphatic carbocycles. The van der Waals surface area contributed by atoms with E-state index in [9.17, 15) is 9.59 Å². The Hall–Kier alpha value is -4.68. The van der Waals surface area contributed by atoms with Gasteiger partial charge in [-0.25, -0.2) is 9.97 Å². The summed E-state index contributed by atoms with van der Waals surface area (Å²) in [5.74, 6) is 2.58. The van der Waals surface area contributed by atoms with Crippen LogP contribution >= 0.6 is 49.6 Å². The number of nitrogens with zero attached hydrogens (tertiary/aromatic N) is 4. The molecule has 2 aromatic heterocycles. The molecule has 302 valence electrons. The number of nitrogens with one attached hydrogen (secondary N) is 2. The Bertz CT molecular complexity index is 2180. The summed E-state index contributed by atoms with van der Waals surface area (Å²) in [4.78, 5) is 47.8. The molecular formula is C44H46Cl4N8O2. The Morgan fingerprint density at radius 1 is 0.517 bits per heavy atom. The van der Waals surface area contributed by atoms with Crippen molar-refractivity contribution in [1.29, 1.82) is 0 Å². The highest BCUT2D eigenvalue weighted by Crippen LogP contribution is 2.55. The number of H-pyrrole nitrogens is 2. The van der Waals surface area contributed by atoms with Crippen molar-refractivity contribution in [2.75, 3.05) is 0 Å². The van der Waals surface area contributed by atoms with E-state index in [-0.39, 0.29) is 85.6 Å². The third-order valence-electron chi connectivity index (χ3n) is 12.1. The third kappa shape index (κ3) is 7.77. The number of hydrogen-bond donors (Lipinski definition) is 4. The predicted molar refractivity (Wildman–Crippen MR) is 235 cm³/mol. The SMILES string of the molecule is Cl.Cl.Cl.Cl.N[C@@H](C(=O)N1[C@@H]2C[C@@H]2C[C@H]1c1ncc(-c2ccc(-c3ccc(-c4cnc([C@@H]5C[C@H]6C[C@H]6N5C(=O)[C@H](N)c5ccccc5)[nH]4)cc3)cc2)[nH]1)c1ccccc1. The van der Waals surface area contributed by atoms with Gasteiger partial charge in [-0.15, -0.1) is 49.6 Å². The number of piperidine rings is 2. The number of carbonyl (C=O) groups excluding carboxylic acids is 2. The summed E-state index contributed by atoms with van der Waals surface area (Å²) in [5.41, 5.74) is 20.7. The number of carbonyl (C=O) groups is 2. The van der Waals surface area contributed by atoms with Crippen molar-refractivity contribution in [1.82, 2.24) is 29.7 Å². The summed E-state index contributed by atoms with van der Waals surface area (Å²) in [6.07, 6.45) is 7.61. The zero-order valence-corrected chi connectivity index (χ0v) is 34.7. The maximum absolute atomic E-state index is 13.6. The van der Waals surface area contributed by atoms with Crippen LogP contribution in [0.15, 0.2) is 122 Å². The van der Waals surface area contributed by atoms with Gasteiger partial charge in [-0.2, -0.15) is 0 Å². The van der Waals surface area contributed by atoms with Gasteiger partial charge in [0.1, 0.15) is 23.7 Å². The highest BCUT2D eigenvalue weighted by Gasteiger charge is 2.56. The molecule has 2 aliphatic heterocycles. The lowest BCUT2D eigenvalue weighted by molar-refractivity contribution is -0.135. The van der Waals surface area contributed by atoms with Crippen LogP contribution in [-0.4, -0.2) is 53.6 Å². The fraction of sp³-hybridized carbons (Fsp3) is 0.273. The van der Waals surface area contributed by atoms with Crippen molar-refractivity contribution in [3.63, 3.8) is 0 Å². The van der Waals surface area contributed by atoms with Crippen LogP contribution < -0.4 is 11.5 Å². The molecule has 10 nitrogen and oxygen atoms in total. The second kappa shape index (κ2) is 17.3. The minimum atomic E-state index is -0.684. The average molecular weight is 861 g/mol. The first kappa shape index (κ1) is 42.9. The minimum Gasteiger partial charge on any atom is -0.340 e. The lowest BCUT2D eigenvalue weighted by Gasteiger charge is -2.29. The average Bonchev–Trinajstić information content (AvgIpc) is 3.81. The van der Waals surface area contributed by atoms with E-state index in [0.29, 0.717) is 11.8 Å². The molecule has 6 aromatic rings. The number of imidazole rings is 2. The largest absolute Gasteiger partial charge is 0.340 e. The topological polar surface area (TPSA) is 150 Å². The standard InChI is InChI=1S/C44H42N8O2.4ClH/c45-39(29-7-3-1-4-8-29)43(53)51-35-19-31(35)21-37(51)41-47-23-33(49-41)27-15-11-25(12-16-27)26-13-17-28(18-14-26)34-24-48-42(50-34)38-22-32-20-36(32)52(38)44(54)40(46)30-9-5-2-6-10-30;;;;/h1-18,23-24,31-32,35-40H,19-22,45-46H2,(H,47,49)(H,48,50);4*1H/t31-,32-,35-,36-,37+,38+,39-,40-;;;;/m1..../s1. The van der Waals surface area contributed by atoms with Crippen molar-refractivity contribution in [3.8, 4) is 33.6 Å². The maximum Gasteiger partial charge on any atom is 0.244 e. The molecule has 14 heteroatoms. The number of halogens is 4. The zero-order chi connectivity index (χ0) is 36.5. The highest BCUT2D eigenvalue weighted by molar-refractivity contribution is 5.86. The maximum atomic E-state index is 13.6.